The van der Waals surface area contributed by atoms with Gasteiger partial charge in [-0.3, -0.25) is 0 Å². The van der Waals surface area contributed by atoms with E-state index in [2.05, 4.69) is 48.5 Å². The molecule has 1 aromatic carbocycles. The second-order valence-corrected chi connectivity index (χ2v) is 4.90. The lowest BCUT2D eigenvalue weighted by molar-refractivity contribution is 0.834. The van der Waals surface area contributed by atoms with Crippen LogP contribution in [0.1, 0.15) is 60.1 Å². The van der Waals surface area contributed by atoms with Crippen molar-refractivity contribution >= 4 is 0 Å². The smallest absolute Gasteiger partial charge is 0.0213 e. The highest BCUT2D eigenvalue weighted by atomic mass is 14.2. The lowest BCUT2D eigenvalue weighted by Gasteiger charge is -2.22. The zero-order valence-corrected chi connectivity index (χ0v) is 11.3. The summed E-state index contributed by atoms with van der Waals surface area (Å²) >= 11 is 0. The third-order valence-corrected chi connectivity index (χ3v) is 3.77. The topological polar surface area (TPSA) is 0 Å². The number of hydrogen-bond acceptors (Lipinski definition) is 0. The summed E-state index contributed by atoms with van der Waals surface area (Å²) in [6.07, 6.45) is 1.15. The molecule has 0 saturated carbocycles. The van der Waals surface area contributed by atoms with E-state index in [1.54, 1.807) is 11.1 Å². The summed E-state index contributed by atoms with van der Waals surface area (Å²) in [6, 6.07) is 0. The van der Waals surface area contributed by atoms with Crippen LogP contribution in [0.4, 0.5) is 0 Å². The fraction of sp³-hybridized carbons (Fsp3) is 0.600. The van der Waals surface area contributed by atoms with Crippen LogP contribution in [-0.4, -0.2) is 0 Å². The van der Waals surface area contributed by atoms with Gasteiger partial charge in [0.2, 0.25) is 0 Å². The second-order valence-electron chi connectivity index (χ2n) is 4.90. The van der Waals surface area contributed by atoms with E-state index in [0.29, 0.717) is 5.92 Å². The number of rotatable bonds is 2. The fourth-order valence-corrected chi connectivity index (χ4v) is 2.82. The van der Waals surface area contributed by atoms with Crippen LogP contribution in [0.15, 0.2) is 0 Å². The summed E-state index contributed by atoms with van der Waals surface area (Å²) in [5.74, 6) is 0.633. The summed E-state index contributed by atoms with van der Waals surface area (Å²) in [7, 11) is 0. The zero-order valence-electron chi connectivity index (χ0n) is 11.3. The Kier molecular flexibility index (Phi) is 3.59. The molecule has 84 valence electrons. The summed E-state index contributed by atoms with van der Waals surface area (Å²) in [4.78, 5) is 0. The van der Waals surface area contributed by atoms with Gasteiger partial charge in [-0.05, 0) is 73.4 Å². The molecule has 0 heterocycles. The van der Waals surface area contributed by atoms with Crippen LogP contribution in [0.3, 0.4) is 0 Å². The number of benzene rings is 1. The van der Waals surface area contributed by atoms with Gasteiger partial charge in [0, 0.05) is 0 Å². The molecule has 0 radical (unpaired) electrons. The molecule has 0 aliphatic heterocycles. The monoisotopic (exact) mass is 204 g/mol. The molecule has 0 heteroatoms. The van der Waals surface area contributed by atoms with Crippen molar-refractivity contribution in [2.75, 3.05) is 0 Å². The molecule has 0 saturated heterocycles. The molecule has 0 nitrogen and oxygen atoms in total. The van der Waals surface area contributed by atoms with Crippen molar-refractivity contribution in [3.63, 3.8) is 0 Å². The molecular weight excluding hydrogens is 180 g/mol. The highest BCUT2D eigenvalue weighted by molar-refractivity contribution is 5.51. The van der Waals surface area contributed by atoms with Crippen molar-refractivity contribution in [1.82, 2.24) is 0 Å². The summed E-state index contributed by atoms with van der Waals surface area (Å²) in [6.45, 7) is 15.9. The third kappa shape index (κ3) is 1.95. The largest absolute Gasteiger partial charge is 0.0613 e. The molecule has 0 aliphatic carbocycles. The van der Waals surface area contributed by atoms with Crippen molar-refractivity contribution < 1.29 is 0 Å². The normalized spacial score (nSPS) is 11.2. The Labute approximate surface area is 94.7 Å². The standard InChI is InChI=1S/C15H24/c1-8-14-10(4)12(6)15(9(2)3)13(7)11(14)5/h9H,8H2,1-7H3. The molecule has 0 fully saturated rings. The molecule has 0 aliphatic rings. The Morgan fingerprint density at radius 1 is 0.800 bits per heavy atom. The van der Waals surface area contributed by atoms with Gasteiger partial charge in [-0.15, -0.1) is 0 Å². The molecule has 0 unspecified atom stereocenters. The first-order valence-corrected chi connectivity index (χ1v) is 6.00. The molecule has 0 aromatic heterocycles. The Bertz CT molecular complexity index is 341. The summed E-state index contributed by atoms with van der Waals surface area (Å²) < 4.78 is 0. The first kappa shape index (κ1) is 12.3. The molecule has 0 spiro atoms. The van der Waals surface area contributed by atoms with Crippen molar-refractivity contribution in [3.05, 3.63) is 33.4 Å². The minimum Gasteiger partial charge on any atom is -0.0613 e. The van der Waals surface area contributed by atoms with E-state index in [1.807, 2.05) is 0 Å². The minimum atomic E-state index is 0.633. The van der Waals surface area contributed by atoms with Gasteiger partial charge in [0.15, 0.2) is 0 Å². The van der Waals surface area contributed by atoms with Gasteiger partial charge in [-0.2, -0.15) is 0 Å². The SMILES string of the molecule is CCc1c(C)c(C)c(C(C)C)c(C)c1C. The Balaban J connectivity index is 3.59. The number of hydrogen-bond donors (Lipinski definition) is 0. The van der Waals surface area contributed by atoms with Gasteiger partial charge in [-0.1, -0.05) is 20.8 Å². The van der Waals surface area contributed by atoms with Crippen LogP contribution in [0, 0.1) is 27.7 Å². The fourth-order valence-electron chi connectivity index (χ4n) is 2.82. The van der Waals surface area contributed by atoms with E-state index in [-0.39, 0.29) is 0 Å². The summed E-state index contributed by atoms with van der Waals surface area (Å²) in [5, 5.41) is 0. The van der Waals surface area contributed by atoms with E-state index >= 15 is 0 Å². The maximum absolute atomic E-state index is 2.29. The molecule has 0 bridgehead atoms. The van der Waals surface area contributed by atoms with Gasteiger partial charge < -0.3 is 0 Å². The molecule has 1 aromatic rings. The van der Waals surface area contributed by atoms with Crippen LogP contribution in [0.25, 0.3) is 0 Å². The van der Waals surface area contributed by atoms with Gasteiger partial charge in [0.05, 0.1) is 0 Å². The first-order valence-electron chi connectivity index (χ1n) is 6.00. The maximum atomic E-state index is 2.29. The molecule has 0 atom stereocenters. The van der Waals surface area contributed by atoms with E-state index in [4.69, 9.17) is 0 Å². The highest BCUT2D eigenvalue weighted by Crippen LogP contribution is 2.31. The Morgan fingerprint density at radius 2 is 1.20 bits per heavy atom. The van der Waals surface area contributed by atoms with Crippen molar-refractivity contribution in [1.29, 1.82) is 0 Å². The van der Waals surface area contributed by atoms with Crippen molar-refractivity contribution in [3.8, 4) is 0 Å². The van der Waals surface area contributed by atoms with Crippen LogP contribution < -0.4 is 0 Å². The Morgan fingerprint density at radius 3 is 1.47 bits per heavy atom. The second kappa shape index (κ2) is 4.38. The predicted molar refractivity (Wildman–Crippen MR) is 68.9 cm³/mol. The average molecular weight is 204 g/mol. The molecule has 1 rings (SSSR count). The molecular formula is C15H24. The third-order valence-electron chi connectivity index (χ3n) is 3.77. The van der Waals surface area contributed by atoms with Crippen molar-refractivity contribution in [2.24, 2.45) is 0 Å². The molecule has 0 amide bonds. The highest BCUT2D eigenvalue weighted by Gasteiger charge is 2.15. The van der Waals surface area contributed by atoms with Crippen LogP contribution in [-0.2, 0) is 6.42 Å². The Hall–Kier alpha value is -0.780. The summed E-state index contributed by atoms with van der Waals surface area (Å²) in [5.41, 5.74) is 9.13. The van der Waals surface area contributed by atoms with Gasteiger partial charge >= 0.3 is 0 Å². The zero-order chi connectivity index (χ0) is 11.7. The average Bonchev–Trinajstić information content (AvgIpc) is 2.16. The van der Waals surface area contributed by atoms with E-state index in [1.165, 1.54) is 22.3 Å². The van der Waals surface area contributed by atoms with E-state index < -0.39 is 0 Å². The first-order chi connectivity index (χ1) is 6.91. The lowest BCUT2D eigenvalue weighted by atomic mass is 9.83. The van der Waals surface area contributed by atoms with Crippen LogP contribution >= 0.6 is 0 Å². The van der Waals surface area contributed by atoms with Gasteiger partial charge in [-0.25, -0.2) is 0 Å². The van der Waals surface area contributed by atoms with Gasteiger partial charge in [0.25, 0.3) is 0 Å². The quantitative estimate of drug-likeness (QED) is 0.660. The van der Waals surface area contributed by atoms with Crippen molar-refractivity contribution in [2.45, 2.75) is 60.8 Å². The van der Waals surface area contributed by atoms with E-state index in [9.17, 15) is 0 Å². The maximum Gasteiger partial charge on any atom is -0.0213 e. The molecule has 15 heavy (non-hydrogen) atoms. The van der Waals surface area contributed by atoms with Crippen LogP contribution in [0.2, 0.25) is 0 Å². The van der Waals surface area contributed by atoms with E-state index in [0.717, 1.165) is 6.42 Å². The van der Waals surface area contributed by atoms with Crippen LogP contribution in [0.5, 0.6) is 0 Å². The van der Waals surface area contributed by atoms with Gasteiger partial charge in [0.1, 0.15) is 0 Å². The predicted octanol–water partition coefficient (Wildman–Crippen LogP) is 4.61. The minimum absolute atomic E-state index is 0.633. The lowest BCUT2D eigenvalue weighted by Crippen LogP contribution is -2.05. The molecule has 0 N–H and O–H groups in total.